The van der Waals surface area contributed by atoms with Gasteiger partial charge in [0.1, 0.15) is 17.5 Å². The molecule has 3 N–H and O–H groups in total. The van der Waals surface area contributed by atoms with Crippen molar-refractivity contribution < 1.29 is 13.6 Å². The number of rotatable bonds is 6. The molecular formula is C20H24F2N4O3. The minimum absolute atomic E-state index is 0.121. The summed E-state index contributed by atoms with van der Waals surface area (Å²) < 4.78 is 28.6. The molecule has 0 saturated heterocycles. The molecule has 7 nitrogen and oxygen atoms in total. The number of unbranched alkanes of at least 4 members (excludes halogenated alkanes) is 1. The first kappa shape index (κ1) is 20.8. The highest BCUT2D eigenvalue weighted by molar-refractivity contribution is 6.07. The lowest BCUT2D eigenvalue weighted by molar-refractivity contribution is 0.0975. The SMILES string of the molecule is CCCCn1c(N)c(N(C(=O)c2cc(F)cc(F)c2)C2CCCC2)c(=O)[nH]c1=O. The minimum Gasteiger partial charge on any atom is -0.383 e. The van der Waals surface area contributed by atoms with Crippen LogP contribution in [0.5, 0.6) is 0 Å². The van der Waals surface area contributed by atoms with Gasteiger partial charge in [-0.2, -0.15) is 0 Å². The number of carbonyl (C=O) groups excluding carboxylic acids is 1. The topological polar surface area (TPSA) is 101 Å². The van der Waals surface area contributed by atoms with Crippen molar-refractivity contribution in [3.8, 4) is 0 Å². The van der Waals surface area contributed by atoms with Crippen molar-refractivity contribution >= 4 is 17.4 Å². The van der Waals surface area contributed by atoms with Crippen molar-refractivity contribution in [1.82, 2.24) is 9.55 Å². The van der Waals surface area contributed by atoms with Gasteiger partial charge in [0, 0.05) is 24.2 Å². The molecule has 1 aliphatic carbocycles. The van der Waals surface area contributed by atoms with Gasteiger partial charge in [-0.3, -0.25) is 24.0 Å². The summed E-state index contributed by atoms with van der Waals surface area (Å²) >= 11 is 0. The van der Waals surface area contributed by atoms with Gasteiger partial charge in [0.15, 0.2) is 5.69 Å². The van der Waals surface area contributed by atoms with Crippen LogP contribution in [0.1, 0.15) is 55.8 Å². The number of hydrogen-bond acceptors (Lipinski definition) is 4. The Morgan fingerprint density at radius 1 is 1.21 bits per heavy atom. The fraction of sp³-hybridized carbons (Fsp3) is 0.450. The third-order valence-electron chi connectivity index (χ3n) is 5.21. The number of aromatic amines is 1. The second-order valence-corrected chi connectivity index (χ2v) is 7.27. The highest BCUT2D eigenvalue weighted by Crippen LogP contribution is 2.31. The number of nitrogen functional groups attached to an aromatic ring is 1. The average Bonchev–Trinajstić information content (AvgIpc) is 3.17. The van der Waals surface area contributed by atoms with E-state index in [1.807, 2.05) is 6.92 Å². The van der Waals surface area contributed by atoms with Gasteiger partial charge in [0.05, 0.1) is 0 Å². The van der Waals surface area contributed by atoms with Crippen molar-refractivity contribution in [2.45, 2.75) is 58.0 Å². The van der Waals surface area contributed by atoms with E-state index in [0.29, 0.717) is 25.3 Å². The normalized spacial score (nSPS) is 14.3. The molecule has 156 valence electrons. The lowest BCUT2D eigenvalue weighted by Gasteiger charge is -2.30. The van der Waals surface area contributed by atoms with Gasteiger partial charge in [-0.15, -0.1) is 0 Å². The average molecular weight is 406 g/mol. The van der Waals surface area contributed by atoms with Crippen molar-refractivity contribution in [3.05, 3.63) is 56.2 Å². The molecule has 0 spiro atoms. The molecule has 0 atom stereocenters. The van der Waals surface area contributed by atoms with Crippen molar-refractivity contribution in [2.24, 2.45) is 0 Å². The molecule has 1 aromatic heterocycles. The van der Waals surface area contributed by atoms with E-state index in [-0.39, 0.29) is 29.7 Å². The predicted molar refractivity (Wildman–Crippen MR) is 106 cm³/mol. The fourth-order valence-corrected chi connectivity index (χ4v) is 3.78. The lowest BCUT2D eigenvalue weighted by Crippen LogP contribution is -2.45. The molecule has 0 bridgehead atoms. The Kier molecular flexibility index (Phi) is 6.14. The summed E-state index contributed by atoms with van der Waals surface area (Å²) in [6, 6.07) is 2.16. The molecule has 1 aliphatic rings. The minimum atomic E-state index is -0.894. The van der Waals surface area contributed by atoms with Crippen molar-refractivity contribution in [1.29, 1.82) is 0 Å². The van der Waals surface area contributed by atoms with E-state index in [4.69, 9.17) is 5.73 Å². The lowest BCUT2D eigenvalue weighted by atomic mass is 10.1. The number of nitrogens with two attached hydrogens (primary N) is 1. The third kappa shape index (κ3) is 4.23. The first-order valence-corrected chi connectivity index (χ1v) is 9.75. The molecule has 3 rings (SSSR count). The van der Waals surface area contributed by atoms with Crippen molar-refractivity contribution in [3.63, 3.8) is 0 Å². The van der Waals surface area contributed by atoms with Gasteiger partial charge >= 0.3 is 5.69 Å². The highest BCUT2D eigenvalue weighted by Gasteiger charge is 2.33. The Labute approximate surface area is 166 Å². The molecule has 1 fully saturated rings. The first-order valence-electron chi connectivity index (χ1n) is 9.75. The number of aromatic nitrogens is 2. The summed E-state index contributed by atoms with van der Waals surface area (Å²) in [7, 11) is 0. The molecule has 0 radical (unpaired) electrons. The molecule has 0 aliphatic heterocycles. The van der Waals surface area contributed by atoms with Gasteiger partial charge < -0.3 is 5.73 Å². The number of nitrogens with one attached hydrogen (secondary N) is 1. The maximum Gasteiger partial charge on any atom is 0.330 e. The van der Waals surface area contributed by atoms with Crippen LogP contribution in [0.2, 0.25) is 0 Å². The molecule has 1 saturated carbocycles. The Hall–Kier alpha value is -2.97. The molecule has 0 unspecified atom stereocenters. The van der Waals surface area contributed by atoms with E-state index >= 15 is 0 Å². The van der Waals surface area contributed by atoms with Gasteiger partial charge in [-0.05, 0) is 31.4 Å². The first-order chi connectivity index (χ1) is 13.8. The van der Waals surface area contributed by atoms with E-state index < -0.39 is 28.8 Å². The van der Waals surface area contributed by atoms with E-state index in [9.17, 15) is 23.2 Å². The summed E-state index contributed by atoms with van der Waals surface area (Å²) in [6.07, 6.45) is 4.39. The summed E-state index contributed by atoms with van der Waals surface area (Å²) in [4.78, 5) is 41.6. The van der Waals surface area contributed by atoms with E-state index in [2.05, 4.69) is 4.98 Å². The number of halogens is 2. The molecule has 2 aromatic rings. The van der Waals surface area contributed by atoms with Crippen LogP contribution in [0.25, 0.3) is 0 Å². The highest BCUT2D eigenvalue weighted by atomic mass is 19.1. The van der Waals surface area contributed by atoms with Crippen LogP contribution < -0.4 is 21.9 Å². The quantitative estimate of drug-likeness (QED) is 0.770. The fourth-order valence-electron chi connectivity index (χ4n) is 3.78. The summed E-state index contributed by atoms with van der Waals surface area (Å²) in [5.41, 5.74) is 4.35. The molecule has 9 heteroatoms. The zero-order valence-electron chi connectivity index (χ0n) is 16.2. The number of amides is 1. The number of hydrogen-bond donors (Lipinski definition) is 2. The largest absolute Gasteiger partial charge is 0.383 e. The van der Waals surface area contributed by atoms with Crippen LogP contribution in [-0.2, 0) is 6.54 Å². The van der Waals surface area contributed by atoms with Crippen molar-refractivity contribution in [2.75, 3.05) is 10.6 Å². The maximum absolute atomic E-state index is 13.7. The Bertz CT molecular complexity index is 1010. The standard InChI is InChI=1S/C20H24F2N4O3/c1-2-3-8-25-17(23)16(18(27)24-20(25)29)26(15-6-4-5-7-15)19(28)12-9-13(21)11-14(22)10-12/h9-11,15H,2-8,23H2,1H3,(H,24,27,29). The molecule has 1 aromatic carbocycles. The zero-order valence-corrected chi connectivity index (χ0v) is 16.2. The number of benzene rings is 1. The van der Waals surface area contributed by atoms with Crippen LogP contribution in [-0.4, -0.2) is 21.5 Å². The van der Waals surface area contributed by atoms with Gasteiger partial charge in [-0.1, -0.05) is 26.2 Å². The Morgan fingerprint density at radius 3 is 2.41 bits per heavy atom. The monoisotopic (exact) mass is 406 g/mol. The predicted octanol–water partition coefficient (Wildman–Crippen LogP) is 2.79. The van der Waals surface area contributed by atoms with Crippen LogP contribution >= 0.6 is 0 Å². The molecular weight excluding hydrogens is 382 g/mol. The number of nitrogens with zero attached hydrogens (tertiary/aromatic N) is 2. The van der Waals surface area contributed by atoms with Crippen LogP contribution in [0.3, 0.4) is 0 Å². The maximum atomic E-state index is 13.7. The second kappa shape index (κ2) is 8.59. The van der Waals surface area contributed by atoms with Crippen LogP contribution in [0, 0.1) is 11.6 Å². The van der Waals surface area contributed by atoms with E-state index in [1.165, 1.54) is 9.47 Å². The Morgan fingerprint density at radius 2 is 1.83 bits per heavy atom. The molecule has 1 heterocycles. The van der Waals surface area contributed by atoms with Crippen LogP contribution in [0.15, 0.2) is 27.8 Å². The van der Waals surface area contributed by atoms with Gasteiger partial charge in [-0.25, -0.2) is 13.6 Å². The third-order valence-corrected chi connectivity index (χ3v) is 5.21. The van der Waals surface area contributed by atoms with Gasteiger partial charge in [0.25, 0.3) is 11.5 Å². The smallest absolute Gasteiger partial charge is 0.330 e. The van der Waals surface area contributed by atoms with E-state index in [0.717, 1.165) is 31.4 Å². The summed E-state index contributed by atoms with van der Waals surface area (Å²) in [5.74, 6) is -2.64. The number of H-pyrrole nitrogens is 1. The summed E-state index contributed by atoms with van der Waals surface area (Å²) in [5, 5.41) is 0. The molecule has 1 amide bonds. The summed E-state index contributed by atoms with van der Waals surface area (Å²) in [6.45, 7) is 2.23. The van der Waals surface area contributed by atoms with E-state index in [1.54, 1.807) is 0 Å². The molecule has 29 heavy (non-hydrogen) atoms. The number of carbonyl (C=O) groups is 1. The number of anilines is 2. The van der Waals surface area contributed by atoms with Crippen LogP contribution in [0.4, 0.5) is 20.3 Å². The Balaban J connectivity index is 2.16. The second-order valence-electron chi connectivity index (χ2n) is 7.27. The van der Waals surface area contributed by atoms with Gasteiger partial charge in [0.2, 0.25) is 0 Å². The zero-order chi connectivity index (χ0) is 21.1.